The predicted molar refractivity (Wildman–Crippen MR) is 81.3 cm³/mol. The molecule has 0 atom stereocenters. The van der Waals surface area contributed by atoms with Gasteiger partial charge in [-0.25, -0.2) is 4.79 Å². The Labute approximate surface area is 124 Å². The van der Waals surface area contributed by atoms with Crippen LogP contribution >= 0.6 is 22.7 Å². The second kappa shape index (κ2) is 7.02. The van der Waals surface area contributed by atoms with E-state index in [1.165, 1.54) is 23.0 Å². The Morgan fingerprint density at radius 3 is 2.85 bits per heavy atom. The number of aliphatic carboxylic acids is 1. The molecule has 0 aliphatic rings. The first-order chi connectivity index (χ1) is 9.66. The number of hydrogen-bond donors (Lipinski definition) is 2. The maximum atomic E-state index is 12.0. The minimum Gasteiger partial charge on any atom is -0.478 e. The molecule has 104 valence electrons. The van der Waals surface area contributed by atoms with Gasteiger partial charge in [0.25, 0.3) is 5.91 Å². The summed E-state index contributed by atoms with van der Waals surface area (Å²) in [6, 6.07) is 3.76. The molecule has 0 saturated heterocycles. The number of hydrogen-bond acceptors (Lipinski definition) is 4. The fourth-order valence-corrected chi connectivity index (χ4v) is 3.14. The molecule has 20 heavy (non-hydrogen) atoms. The number of carbonyl (C=O) groups is 2. The summed E-state index contributed by atoms with van der Waals surface area (Å²) in [7, 11) is 0. The predicted octanol–water partition coefficient (Wildman–Crippen LogP) is 2.88. The Morgan fingerprint density at radius 1 is 1.30 bits per heavy atom. The quantitative estimate of drug-likeness (QED) is 0.806. The molecule has 0 unspecified atom stereocenters. The van der Waals surface area contributed by atoms with Crippen molar-refractivity contribution in [2.24, 2.45) is 0 Å². The molecule has 6 heteroatoms. The zero-order valence-corrected chi connectivity index (χ0v) is 12.2. The summed E-state index contributed by atoms with van der Waals surface area (Å²) < 4.78 is 0. The van der Waals surface area contributed by atoms with Crippen molar-refractivity contribution >= 4 is 40.6 Å². The monoisotopic (exact) mass is 307 g/mol. The summed E-state index contributed by atoms with van der Waals surface area (Å²) in [6.45, 7) is 0.565. The zero-order chi connectivity index (χ0) is 14.4. The molecule has 0 fully saturated rings. The third-order valence-electron chi connectivity index (χ3n) is 2.59. The van der Waals surface area contributed by atoms with Gasteiger partial charge in [0.1, 0.15) is 0 Å². The second-order valence-corrected chi connectivity index (χ2v) is 5.71. The molecule has 4 nitrogen and oxygen atoms in total. The molecule has 0 spiro atoms. The van der Waals surface area contributed by atoms with Gasteiger partial charge in [-0.15, -0.1) is 11.3 Å². The van der Waals surface area contributed by atoms with Gasteiger partial charge < -0.3 is 10.4 Å². The lowest BCUT2D eigenvalue weighted by Crippen LogP contribution is -2.25. The highest BCUT2D eigenvalue weighted by atomic mass is 32.1. The summed E-state index contributed by atoms with van der Waals surface area (Å²) in [5.74, 6) is -1.19. The van der Waals surface area contributed by atoms with Crippen LogP contribution in [0.1, 0.15) is 20.8 Å². The topological polar surface area (TPSA) is 66.4 Å². The molecule has 0 aliphatic heterocycles. The third kappa shape index (κ3) is 4.04. The minimum absolute atomic E-state index is 0.166. The van der Waals surface area contributed by atoms with E-state index in [9.17, 15) is 9.59 Å². The van der Waals surface area contributed by atoms with Gasteiger partial charge in [0.05, 0.1) is 4.88 Å². The lowest BCUT2D eigenvalue weighted by atomic mass is 10.2. The van der Waals surface area contributed by atoms with Crippen molar-refractivity contribution in [3.8, 4) is 0 Å². The Hall–Kier alpha value is -1.92. The molecular formula is C14H13NO3S2. The van der Waals surface area contributed by atoms with E-state index in [1.807, 2.05) is 11.4 Å². The average Bonchev–Trinajstić information content (AvgIpc) is 3.07. The highest BCUT2D eigenvalue weighted by Gasteiger charge is 2.11. The fourth-order valence-electron chi connectivity index (χ4n) is 1.63. The number of carboxylic acid groups (broad SMARTS) is 1. The van der Waals surface area contributed by atoms with Gasteiger partial charge in [0, 0.05) is 12.6 Å². The van der Waals surface area contributed by atoms with Crippen molar-refractivity contribution in [2.75, 3.05) is 6.54 Å². The first kappa shape index (κ1) is 14.5. The van der Waals surface area contributed by atoms with E-state index in [4.69, 9.17) is 5.11 Å². The second-order valence-electron chi connectivity index (χ2n) is 4.01. The summed E-state index contributed by atoms with van der Waals surface area (Å²) in [5, 5.41) is 17.3. The maximum absolute atomic E-state index is 12.0. The SMILES string of the molecule is O=C(O)C=Cc1ccsc1C(=O)NCCc1ccsc1. The van der Waals surface area contributed by atoms with Crippen molar-refractivity contribution in [3.05, 3.63) is 50.4 Å². The molecular weight excluding hydrogens is 294 g/mol. The Bertz CT molecular complexity index is 614. The molecule has 0 bridgehead atoms. The van der Waals surface area contributed by atoms with Gasteiger partial charge in [0.2, 0.25) is 0 Å². The highest BCUT2D eigenvalue weighted by molar-refractivity contribution is 7.12. The van der Waals surface area contributed by atoms with Crippen LogP contribution in [0.15, 0.2) is 34.3 Å². The van der Waals surface area contributed by atoms with E-state index < -0.39 is 5.97 Å². The number of thiophene rings is 2. The lowest BCUT2D eigenvalue weighted by Gasteiger charge is -2.03. The Balaban J connectivity index is 1.92. The molecule has 2 N–H and O–H groups in total. The van der Waals surface area contributed by atoms with E-state index in [2.05, 4.69) is 10.7 Å². The smallest absolute Gasteiger partial charge is 0.328 e. The van der Waals surface area contributed by atoms with E-state index in [-0.39, 0.29) is 5.91 Å². The Morgan fingerprint density at radius 2 is 2.15 bits per heavy atom. The lowest BCUT2D eigenvalue weighted by molar-refractivity contribution is -0.131. The standard InChI is InChI=1S/C14H13NO3S2/c16-12(17)2-1-11-5-8-20-13(11)14(18)15-6-3-10-4-7-19-9-10/h1-2,4-5,7-9H,3,6H2,(H,15,18)(H,16,17). The summed E-state index contributed by atoms with van der Waals surface area (Å²) >= 11 is 2.94. The summed E-state index contributed by atoms with van der Waals surface area (Å²) in [4.78, 5) is 23.1. The van der Waals surface area contributed by atoms with Crippen molar-refractivity contribution in [3.63, 3.8) is 0 Å². The van der Waals surface area contributed by atoms with Gasteiger partial charge >= 0.3 is 5.97 Å². The third-order valence-corrected chi connectivity index (χ3v) is 4.25. The number of amides is 1. The molecule has 2 aromatic heterocycles. The molecule has 0 aliphatic carbocycles. The van der Waals surface area contributed by atoms with E-state index in [0.717, 1.165) is 12.5 Å². The number of carbonyl (C=O) groups excluding carboxylic acids is 1. The van der Waals surface area contributed by atoms with Gasteiger partial charge in [-0.05, 0) is 51.9 Å². The van der Waals surface area contributed by atoms with Crippen LogP contribution in [0.25, 0.3) is 6.08 Å². The number of carboxylic acids is 1. The largest absolute Gasteiger partial charge is 0.478 e. The van der Waals surface area contributed by atoms with E-state index >= 15 is 0 Å². The zero-order valence-electron chi connectivity index (χ0n) is 10.5. The minimum atomic E-state index is -1.03. The van der Waals surface area contributed by atoms with Gasteiger partial charge in [-0.1, -0.05) is 0 Å². The van der Waals surface area contributed by atoms with Gasteiger partial charge in [-0.2, -0.15) is 11.3 Å². The number of rotatable bonds is 6. The van der Waals surface area contributed by atoms with Crippen LogP contribution in [0.2, 0.25) is 0 Å². The van der Waals surface area contributed by atoms with Crippen LogP contribution in [-0.2, 0) is 11.2 Å². The van der Waals surface area contributed by atoms with E-state index in [0.29, 0.717) is 17.0 Å². The fraction of sp³-hybridized carbons (Fsp3) is 0.143. The normalized spacial score (nSPS) is 10.8. The summed E-state index contributed by atoms with van der Waals surface area (Å²) in [5.41, 5.74) is 1.83. The van der Waals surface area contributed by atoms with Crippen LogP contribution in [0.4, 0.5) is 0 Å². The molecule has 2 aromatic rings. The van der Waals surface area contributed by atoms with Crippen molar-refractivity contribution in [1.29, 1.82) is 0 Å². The first-order valence-corrected chi connectivity index (χ1v) is 7.77. The average molecular weight is 307 g/mol. The van der Waals surface area contributed by atoms with Crippen LogP contribution in [0.3, 0.4) is 0 Å². The highest BCUT2D eigenvalue weighted by Crippen LogP contribution is 2.18. The first-order valence-electron chi connectivity index (χ1n) is 5.94. The van der Waals surface area contributed by atoms with Crippen LogP contribution in [0.5, 0.6) is 0 Å². The van der Waals surface area contributed by atoms with Gasteiger partial charge in [0.15, 0.2) is 0 Å². The molecule has 1 amide bonds. The van der Waals surface area contributed by atoms with Crippen LogP contribution in [-0.4, -0.2) is 23.5 Å². The van der Waals surface area contributed by atoms with Gasteiger partial charge in [-0.3, -0.25) is 4.79 Å². The maximum Gasteiger partial charge on any atom is 0.328 e. The van der Waals surface area contributed by atoms with Crippen molar-refractivity contribution < 1.29 is 14.7 Å². The molecule has 0 saturated carbocycles. The Kier molecular flexibility index (Phi) is 5.09. The number of nitrogens with one attached hydrogen (secondary N) is 1. The molecule has 2 heterocycles. The molecule has 0 radical (unpaired) electrons. The van der Waals surface area contributed by atoms with Crippen LogP contribution < -0.4 is 5.32 Å². The molecule has 0 aromatic carbocycles. The van der Waals surface area contributed by atoms with Crippen molar-refractivity contribution in [2.45, 2.75) is 6.42 Å². The van der Waals surface area contributed by atoms with E-state index in [1.54, 1.807) is 22.8 Å². The summed E-state index contributed by atoms with van der Waals surface area (Å²) in [6.07, 6.45) is 3.26. The van der Waals surface area contributed by atoms with Crippen molar-refractivity contribution in [1.82, 2.24) is 5.32 Å². The molecule has 2 rings (SSSR count). The van der Waals surface area contributed by atoms with Crippen LogP contribution in [0, 0.1) is 0 Å².